The highest BCUT2D eigenvalue weighted by Crippen LogP contribution is 2.49. The Labute approximate surface area is 174 Å². The number of Topliss-reactive ketones (excluding diaryl/α,β-unsaturated/α-hetero) is 1. The van der Waals surface area contributed by atoms with Crippen molar-refractivity contribution >= 4 is 28.0 Å². The molecule has 0 spiro atoms. The fourth-order valence-corrected chi connectivity index (χ4v) is 4.42. The van der Waals surface area contributed by atoms with E-state index in [1.165, 1.54) is 25.3 Å². The molecule has 2 heterocycles. The molecule has 0 fully saturated rings. The van der Waals surface area contributed by atoms with E-state index in [-0.39, 0.29) is 32.8 Å². The van der Waals surface area contributed by atoms with Crippen molar-refractivity contribution in [2.24, 2.45) is 0 Å². The van der Waals surface area contributed by atoms with E-state index in [1.54, 1.807) is 18.2 Å². The smallest absolute Gasteiger partial charge is 0.276 e. The van der Waals surface area contributed by atoms with Crippen molar-refractivity contribution in [2.75, 3.05) is 12.4 Å². The quantitative estimate of drug-likeness (QED) is 0.616. The summed E-state index contributed by atoms with van der Waals surface area (Å²) in [7, 11) is 1.41. The molecule has 150 valence electrons. The molecule has 0 saturated carbocycles. The van der Waals surface area contributed by atoms with Crippen molar-refractivity contribution in [3.8, 4) is 22.9 Å². The normalized spacial score (nSPS) is 17.8. The molecule has 0 saturated heterocycles. The highest BCUT2D eigenvalue weighted by atomic mass is 32.1. The number of methoxy groups -OCH3 is 1. The number of fused-ring (bicyclic) bond motifs is 1. The molecule has 5 nitrogen and oxygen atoms in total. The van der Waals surface area contributed by atoms with Crippen LogP contribution in [0.2, 0.25) is 0 Å². The van der Waals surface area contributed by atoms with Gasteiger partial charge in [-0.1, -0.05) is 35.6 Å². The van der Waals surface area contributed by atoms with Gasteiger partial charge in [-0.3, -0.25) is 9.59 Å². The Bertz CT molecular complexity index is 1260. The van der Waals surface area contributed by atoms with Gasteiger partial charge in [0.1, 0.15) is 10.8 Å². The number of anilines is 1. The number of aryl methyl sites for hydroxylation is 1. The molecular formula is C22H14F2N2O3S. The van der Waals surface area contributed by atoms with E-state index in [4.69, 9.17) is 10.00 Å². The third-order valence-electron chi connectivity index (χ3n) is 4.96. The minimum Gasteiger partial charge on any atom is -0.496 e. The first-order valence-corrected chi connectivity index (χ1v) is 9.66. The average molecular weight is 424 g/mol. The van der Waals surface area contributed by atoms with Crippen LogP contribution in [0.1, 0.15) is 27.0 Å². The molecule has 8 heteroatoms. The number of benzene rings is 2. The lowest BCUT2D eigenvalue weighted by Crippen LogP contribution is -2.47. The maximum Gasteiger partial charge on any atom is 0.276 e. The summed E-state index contributed by atoms with van der Waals surface area (Å²) in [5.41, 5.74) is -2.56. The van der Waals surface area contributed by atoms with Gasteiger partial charge in [-0.15, -0.1) is 0 Å². The fraction of sp³-hybridized carbons (Fsp3) is 0.136. The van der Waals surface area contributed by atoms with Gasteiger partial charge in [-0.25, -0.2) is 4.39 Å². The number of alkyl halides is 1. The van der Waals surface area contributed by atoms with Gasteiger partial charge in [0.05, 0.1) is 24.3 Å². The number of nitriles is 1. The molecule has 3 aromatic rings. The van der Waals surface area contributed by atoms with Crippen molar-refractivity contribution < 1.29 is 23.1 Å². The second kappa shape index (κ2) is 7.04. The molecule has 1 N–H and O–H groups in total. The second-order valence-corrected chi connectivity index (χ2v) is 7.76. The van der Waals surface area contributed by atoms with Crippen LogP contribution >= 0.6 is 11.3 Å². The number of nitrogens with zero attached hydrogens (tertiary/aromatic N) is 1. The van der Waals surface area contributed by atoms with Crippen LogP contribution in [-0.4, -0.2) is 18.8 Å². The molecule has 1 unspecified atom stereocenters. The molecule has 0 aliphatic carbocycles. The van der Waals surface area contributed by atoms with Crippen LogP contribution in [0.3, 0.4) is 0 Å². The predicted molar refractivity (Wildman–Crippen MR) is 108 cm³/mol. The van der Waals surface area contributed by atoms with E-state index in [9.17, 15) is 14.0 Å². The van der Waals surface area contributed by atoms with E-state index in [2.05, 4.69) is 5.32 Å². The molecule has 1 aliphatic heterocycles. The van der Waals surface area contributed by atoms with Gasteiger partial charge in [0.2, 0.25) is 5.78 Å². The molecule has 1 amide bonds. The van der Waals surface area contributed by atoms with Gasteiger partial charge >= 0.3 is 0 Å². The largest absolute Gasteiger partial charge is 0.496 e. The standard InChI is InChI=1S/C22H14F2N2O3S/c1-11-6-7-14(15(8-11)29-2)16-17-18(27)22(24,13-5-3-4-12(9-13)10-25)21(28)26-20(17)30-19(16)23/h3-9H,1-2H3,(H,26,28). The summed E-state index contributed by atoms with van der Waals surface area (Å²) >= 11 is 0.552. The topological polar surface area (TPSA) is 79.2 Å². The lowest BCUT2D eigenvalue weighted by molar-refractivity contribution is -0.125. The van der Waals surface area contributed by atoms with E-state index in [0.29, 0.717) is 17.1 Å². The molecule has 1 aliphatic rings. The first-order chi connectivity index (χ1) is 14.3. The number of ether oxygens (including phenoxy) is 1. The van der Waals surface area contributed by atoms with E-state index in [1.807, 2.05) is 13.0 Å². The fourth-order valence-electron chi connectivity index (χ4n) is 3.48. The maximum atomic E-state index is 16.0. The summed E-state index contributed by atoms with van der Waals surface area (Å²) in [5.74, 6) is -2.09. The van der Waals surface area contributed by atoms with Crippen LogP contribution in [-0.2, 0) is 10.5 Å². The minimum atomic E-state index is -3.10. The zero-order valence-corrected chi connectivity index (χ0v) is 16.7. The molecular weight excluding hydrogens is 410 g/mol. The molecule has 1 atom stereocenters. The van der Waals surface area contributed by atoms with Crippen molar-refractivity contribution in [3.63, 3.8) is 0 Å². The van der Waals surface area contributed by atoms with Crippen LogP contribution in [0.25, 0.3) is 11.1 Å². The first kappa shape index (κ1) is 19.7. The number of halogens is 2. The van der Waals surface area contributed by atoms with Gasteiger partial charge in [-0.05, 0) is 30.7 Å². The van der Waals surface area contributed by atoms with Crippen molar-refractivity contribution in [1.29, 1.82) is 5.26 Å². The summed E-state index contributed by atoms with van der Waals surface area (Å²) in [6, 6.07) is 12.0. The number of nitrogens with one attached hydrogen (secondary N) is 1. The Balaban J connectivity index is 1.95. The van der Waals surface area contributed by atoms with Crippen LogP contribution in [0.4, 0.5) is 13.8 Å². The molecule has 0 bridgehead atoms. The van der Waals surface area contributed by atoms with Gasteiger partial charge in [-0.2, -0.15) is 9.65 Å². The Morgan fingerprint density at radius 3 is 2.63 bits per heavy atom. The number of amides is 1. The van der Waals surface area contributed by atoms with Crippen molar-refractivity contribution in [1.82, 2.24) is 0 Å². The monoisotopic (exact) mass is 424 g/mol. The number of carbonyl (C=O) groups excluding carboxylic acids is 2. The summed E-state index contributed by atoms with van der Waals surface area (Å²) in [6.45, 7) is 1.83. The lowest BCUT2D eigenvalue weighted by atomic mass is 9.82. The van der Waals surface area contributed by atoms with Crippen molar-refractivity contribution in [3.05, 3.63) is 69.8 Å². The number of carbonyl (C=O) groups is 2. The maximum absolute atomic E-state index is 16.0. The van der Waals surface area contributed by atoms with Crippen LogP contribution in [0, 0.1) is 23.4 Å². The summed E-state index contributed by atoms with van der Waals surface area (Å²) in [5, 5.41) is 10.6. The Morgan fingerprint density at radius 1 is 1.17 bits per heavy atom. The van der Waals surface area contributed by atoms with Crippen LogP contribution < -0.4 is 10.1 Å². The Morgan fingerprint density at radius 2 is 1.93 bits per heavy atom. The summed E-state index contributed by atoms with van der Waals surface area (Å²) < 4.78 is 36.3. The number of ketones is 1. The molecule has 2 aromatic carbocycles. The average Bonchev–Trinajstić information content (AvgIpc) is 3.07. The number of hydrogen-bond acceptors (Lipinski definition) is 5. The third kappa shape index (κ3) is 2.78. The van der Waals surface area contributed by atoms with Crippen LogP contribution in [0.5, 0.6) is 5.75 Å². The first-order valence-electron chi connectivity index (χ1n) is 8.84. The number of hydrogen-bond donors (Lipinski definition) is 1. The lowest BCUT2D eigenvalue weighted by Gasteiger charge is -2.28. The van der Waals surface area contributed by atoms with Gasteiger partial charge in [0, 0.05) is 16.7 Å². The van der Waals surface area contributed by atoms with E-state index >= 15 is 4.39 Å². The molecule has 1 aromatic heterocycles. The highest BCUT2D eigenvalue weighted by molar-refractivity contribution is 7.15. The van der Waals surface area contributed by atoms with Crippen molar-refractivity contribution in [2.45, 2.75) is 12.6 Å². The Kier molecular flexibility index (Phi) is 4.63. The summed E-state index contributed by atoms with van der Waals surface area (Å²) in [6.07, 6.45) is 0. The molecule has 30 heavy (non-hydrogen) atoms. The van der Waals surface area contributed by atoms with Gasteiger partial charge in [0.25, 0.3) is 11.6 Å². The zero-order chi connectivity index (χ0) is 21.6. The van der Waals surface area contributed by atoms with E-state index in [0.717, 1.165) is 11.6 Å². The second-order valence-electron chi connectivity index (χ2n) is 6.79. The minimum absolute atomic E-state index is 0.0650. The Hall–Kier alpha value is -3.57. The number of rotatable bonds is 3. The zero-order valence-electron chi connectivity index (χ0n) is 15.9. The molecule has 0 radical (unpaired) electrons. The highest BCUT2D eigenvalue weighted by Gasteiger charge is 2.54. The van der Waals surface area contributed by atoms with Gasteiger partial charge < -0.3 is 10.1 Å². The third-order valence-corrected chi connectivity index (χ3v) is 5.85. The molecule has 4 rings (SSSR count). The SMILES string of the molecule is COc1cc(C)ccc1-c1c(F)sc2c1C(=O)C(F)(c1cccc(C#N)c1)C(=O)N2. The predicted octanol–water partition coefficient (Wildman–Crippen LogP) is 4.74. The van der Waals surface area contributed by atoms with Gasteiger partial charge in [0.15, 0.2) is 5.13 Å². The number of thiophene rings is 1. The van der Waals surface area contributed by atoms with E-state index < -0.39 is 22.5 Å². The summed E-state index contributed by atoms with van der Waals surface area (Å²) in [4.78, 5) is 25.9. The van der Waals surface area contributed by atoms with Crippen LogP contribution in [0.15, 0.2) is 42.5 Å².